The lowest BCUT2D eigenvalue weighted by molar-refractivity contribution is -0.126. The van der Waals surface area contributed by atoms with Crippen LogP contribution in [0.5, 0.6) is 0 Å². The van der Waals surface area contributed by atoms with Crippen molar-refractivity contribution in [3.05, 3.63) is 30.1 Å². The van der Waals surface area contributed by atoms with Gasteiger partial charge in [-0.15, -0.1) is 0 Å². The number of hydrogen-bond donors (Lipinski definition) is 1. The number of amides is 1. The van der Waals surface area contributed by atoms with Gasteiger partial charge in [0.05, 0.1) is 11.4 Å². The molecule has 1 amide bonds. The molecule has 23 heavy (non-hydrogen) atoms. The van der Waals surface area contributed by atoms with Crippen LogP contribution in [0.3, 0.4) is 0 Å². The Morgan fingerprint density at radius 2 is 1.78 bits per heavy atom. The summed E-state index contributed by atoms with van der Waals surface area (Å²) in [6.07, 6.45) is 0. The summed E-state index contributed by atoms with van der Waals surface area (Å²) in [5.74, 6) is -0.915. The van der Waals surface area contributed by atoms with E-state index in [1.165, 1.54) is 19.2 Å². The lowest BCUT2D eigenvalue weighted by Crippen LogP contribution is -2.54. The number of sulfonamides is 1. The minimum atomic E-state index is -3.82. The van der Waals surface area contributed by atoms with E-state index >= 15 is 0 Å². The number of likely N-dealkylation sites (N-methyl/N-ethyl adjacent to an activating group) is 2. The Morgan fingerprint density at radius 3 is 2.35 bits per heavy atom. The zero-order chi connectivity index (χ0) is 17.0. The van der Waals surface area contributed by atoms with Gasteiger partial charge >= 0.3 is 0 Å². The molecular weight excluding hydrogens is 323 g/mol. The normalized spacial score (nSPS) is 17.4. The predicted molar refractivity (Wildman–Crippen MR) is 83.4 cm³/mol. The van der Waals surface area contributed by atoms with Crippen molar-refractivity contribution in [3.8, 4) is 0 Å². The average Bonchev–Trinajstić information content (AvgIpc) is 2.50. The molecule has 1 aromatic rings. The Hall–Kier alpha value is -1.55. The Kier molecular flexibility index (Phi) is 5.69. The first-order valence-corrected chi connectivity index (χ1v) is 8.68. The first kappa shape index (κ1) is 17.8. The minimum Gasteiger partial charge on any atom is -0.304 e. The van der Waals surface area contributed by atoms with Crippen molar-refractivity contribution < 1.29 is 17.6 Å². The van der Waals surface area contributed by atoms with E-state index in [-0.39, 0.29) is 11.4 Å². The molecule has 0 radical (unpaired) electrons. The van der Waals surface area contributed by atoms with Crippen molar-refractivity contribution >= 4 is 15.9 Å². The highest BCUT2D eigenvalue weighted by Crippen LogP contribution is 2.14. The molecule has 0 saturated carbocycles. The number of benzene rings is 1. The molecule has 0 bridgehead atoms. The number of halogens is 1. The molecule has 1 aromatic carbocycles. The van der Waals surface area contributed by atoms with Crippen LogP contribution in [-0.2, 0) is 14.8 Å². The highest BCUT2D eigenvalue weighted by Gasteiger charge is 2.24. The predicted octanol–water partition coefficient (Wildman–Crippen LogP) is -0.275. The number of hydrazine groups is 1. The van der Waals surface area contributed by atoms with Crippen molar-refractivity contribution in [2.24, 2.45) is 0 Å². The van der Waals surface area contributed by atoms with Gasteiger partial charge in [-0.1, -0.05) is 0 Å². The smallest absolute Gasteiger partial charge is 0.249 e. The van der Waals surface area contributed by atoms with Gasteiger partial charge < -0.3 is 4.90 Å². The second-order valence-corrected chi connectivity index (χ2v) is 7.59. The number of carbonyl (C=O) groups excluding carboxylic acids is 1. The summed E-state index contributed by atoms with van der Waals surface area (Å²) in [6.45, 7) is 2.76. The summed E-state index contributed by atoms with van der Waals surface area (Å²) in [6, 6.07) is 4.51. The second-order valence-electron chi connectivity index (χ2n) is 5.54. The highest BCUT2D eigenvalue weighted by molar-refractivity contribution is 7.89. The number of rotatable bonds is 5. The fourth-order valence-electron chi connectivity index (χ4n) is 2.20. The molecule has 2 rings (SSSR count). The van der Waals surface area contributed by atoms with Gasteiger partial charge in [-0.3, -0.25) is 10.2 Å². The highest BCUT2D eigenvalue weighted by atomic mass is 32.2. The van der Waals surface area contributed by atoms with E-state index in [1.54, 1.807) is 5.01 Å². The van der Waals surface area contributed by atoms with E-state index in [0.717, 1.165) is 29.5 Å². The Morgan fingerprint density at radius 1 is 1.22 bits per heavy atom. The maximum Gasteiger partial charge on any atom is 0.249 e. The Balaban J connectivity index is 1.93. The molecule has 0 spiro atoms. The summed E-state index contributed by atoms with van der Waals surface area (Å²) >= 11 is 0. The zero-order valence-corrected chi connectivity index (χ0v) is 14.0. The van der Waals surface area contributed by atoms with Crippen LogP contribution in [0.2, 0.25) is 0 Å². The quantitative estimate of drug-likeness (QED) is 0.796. The van der Waals surface area contributed by atoms with Crippen molar-refractivity contribution in [2.75, 3.05) is 46.8 Å². The summed E-state index contributed by atoms with van der Waals surface area (Å²) < 4.78 is 38.5. The van der Waals surface area contributed by atoms with Crippen LogP contribution in [0.4, 0.5) is 4.39 Å². The van der Waals surface area contributed by atoms with E-state index in [1.807, 2.05) is 7.05 Å². The van der Waals surface area contributed by atoms with Gasteiger partial charge in [0.1, 0.15) is 5.82 Å². The SMILES string of the molecule is CN1CCN(NC(=O)CN(C)S(=O)(=O)c2ccc(F)cc2)CC1. The van der Waals surface area contributed by atoms with Crippen molar-refractivity contribution in [3.63, 3.8) is 0 Å². The zero-order valence-electron chi connectivity index (χ0n) is 13.2. The molecule has 1 heterocycles. The van der Waals surface area contributed by atoms with E-state index in [2.05, 4.69) is 10.3 Å². The standard InChI is InChI=1S/C14H21FN4O3S/c1-17-7-9-19(10-8-17)16-14(20)11-18(2)23(21,22)13-5-3-12(15)4-6-13/h3-6H,7-11H2,1-2H3,(H,16,20). The third-order valence-electron chi connectivity index (χ3n) is 3.67. The molecular formula is C14H21FN4O3S. The fraction of sp³-hybridized carbons (Fsp3) is 0.500. The number of nitrogens with one attached hydrogen (secondary N) is 1. The van der Waals surface area contributed by atoms with Gasteiger partial charge in [0.25, 0.3) is 0 Å². The first-order chi connectivity index (χ1) is 10.8. The van der Waals surface area contributed by atoms with Crippen LogP contribution in [0, 0.1) is 5.82 Å². The van der Waals surface area contributed by atoms with E-state index < -0.39 is 21.7 Å². The number of hydrogen-bond acceptors (Lipinski definition) is 5. The van der Waals surface area contributed by atoms with E-state index in [0.29, 0.717) is 13.1 Å². The van der Waals surface area contributed by atoms with Crippen LogP contribution >= 0.6 is 0 Å². The van der Waals surface area contributed by atoms with Crippen molar-refractivity contribution in [1.82, 2.24) is 19.6 Å². The van der Waals surface area contributed by atoms with Crippen molar-refractivity contribution in [1.29, 1.82) is 0 Å². The topological polar surface area (TPSA) is 73.0 Å². The monoisotopic (exact) mass is 344 g/mol. The Bertz CT molecular complexity index is 642. The van der Waals surface area contributed by atoms with Gasteiger partial charge in [0.15, 0.2) is 0 Å². The van der Waals surface area contributed by atoms with Crippen molar-refractivity contribution in [2.45, 2.75) is 4.90 Å². The van der Waals surface area contributed by atoms with E-state index in [4.69, 9.17) is 0 Å². The molecule has 1 aliphatic rings. The second kappa shape index (κ2) is 7.35. The molecule has 0 unspecified atom stereocenters. The number of carbonyl (C=O) groups is 1. The molecule has 128 valence electrons. The lowest BCUT2D eigenvalue weighted by atomic mass is 10.4. The first-order valence-electron chi connectivity index (χ1n) is 7.24. The third-order valence-corrected chi connectivity index (χ3v) is 5.49. The molecule has 7 nitrogen and oxygen atoms in total. The third kappa shape index (κ3) is 4.71. The maximum absolute atomic E-state index is 12.9. The van der Waals surface area contributed by atoms with Crippen LogP contribution in [0.15, 0.2) is 29.2 Å². The van der Waals surface area contributed by atoms with Crippen LogP contribution in [-0.4, -0.2) is 75.4 Å². The lowest BCUT2D eigenvalue weighted by Gasteiger charge is -2.32. The van der Waals surface area contributed by atoms with Crippen LogP contribution in [0.1, 0.15) is 0 Å². The summed E-state index contributed by atoms with van der Waals surface area (Å²) in [4.78, 5) is 14.1. The Labute approximate surface area is 135 Å². The molecule has 9 heteroatoms. The number of piperazine rings is 1. The van der Waals surface area contributed by atoms with E-state index in [9.17, 15) is 17.6 Å². The molecule has 1 N–H and O–H groups in total. The van der Waals surface area contributed by atoms with Gasteiger partial charge in [0, 0.05) is 33.2 Å². The minimum absolute atomic E-state index is 0.0474. The number of nitrogens with zero attached hydrogens (tertiary/aromatic N) is 3. The molecule has 0 atom stereocenters. The molecule has 1 aliphatic heterocycles. The average molecular weight is 344 g/mol. The molecule has 1 saturated heterocycles. The van der Waals surface area contributed by atoms with Gasteiger partial charge in [-0.2, -0.15) is 4.31 Å². The summed E-state index contributed by atoms with van der Waals surface area (Å²) in [5.41, 5.74) is 2.70. The van der Waals surface area contributed by atoms with Gasteiger partial charge in [-0.05, 0) is 31.3 Å². The molecule has 0 aromatic heterocycles. The van der Waals surface area contributed by atoms with Crippen LogP contribution < -0.4 is 5.43 Å². The molecule has 1 fully saturated rings. The fourth-order valence-corrected chi connectivity index (χ4v) is 3.33. The largest absolute Gasteiger partial charge is 0.304 e. The van der Waals surface area contributed by atoms with Gasteiger partial charge in [-0.25, -0.2) is 17.8 Å². The maximum atomic E-state index is 12.9. The molecule has 0 aliphatic carbocycles. The summed E-state index contributed by atoms with van der Waals surface area (Å²) in [5, 5.41) is 1.78. The van der Waals surface area contributed by atoms with Crippen LogP contribution in [0.25, 0.3) is 0 Å². The summed E-state index contributed by atoms with van der Waals surface area (Å²) in [7, 11) is -0.497. The van der Waals surface area contributed by atoms with Gasteiger partial charge in [0.2, 0.25) is 15.9 Å².